The lowest BCUT2D eigenvalue weighted by Crippen LogP contribution is -2.60. The number of methoxy groups -OCH3 is 1. The van der Waals surface area contributed by atoms with Crippen LogP contribution in [0, 0.1) is 0 Å². The quantitative estimate of drug-likeness (QED) is 0.790. The maximum Gasteiger partial charge on any atom is 0.0986 e. The molecule has 0 saturated heterocycles. The molecule has 18 heavy (non-hydrogen) atoms. The summed E-state index contributed by atoms with van der Waals surface area (Å²) in [5.41, 5.74) is 0.974. The van der Waals surface area contributed by atoms with Gasteiger partial charge in [0.05, 0.1) is 18.3 Å². The second-order valence-electron chi connectivity index (χ2n) is 4.52. The summed E-state index contributed by atoms with van der Waals surface area (Å²) >= 11 is 1.60. The SMILES string of the molecule is CCOC1CC(NCC(O)c2ccsc2)C1OC. The maximum absolute atomic E-state index is 9.98. The van der Waals surface area contributed by atoms with Crippen LogP contribution in [0.2, 0.25) is 0 Å². The Bertz CT molecular complexity index is 344. The van der Waals surface area contributed by atoms with Gasteiger partial charge in [-0.1, -0.05) is 0 Å². The van der Waals surface area contributed by atoms with E-state index in [1.165, 1.54) is 0 Å². The first kappa shape index (κ1) is 14.0. The van der Waals surface area contributed by atoms with Gasteiger partial charge in [0.2, 0.25) is 0 Å². The highest BCUT2D eigenvalue weighted by atomic mass is 32.1. The highest BCUT2D eigenvalue weighted by molar-refractivity contribution is 7.07. The molecule has 1 saturated carbocycles. The van der Waals surface area contributed by atoms with Crippen molar-refractivity contribution >= 4 is 11.3 Å². The second-order valence-corrected chi connectivity index (χ2v) is 5.30. The zero-order valence-corrected chi connectivity index (χ0v) is 11.7. The van der Waals surface area contributed by atoms with E-state index < -0.39 is 6.10 Å². The normalized spacial score (nSPS) is 28.9. The molecule has 0 amide bonds. The predicted octanol–water partition coefficient (Wildman–Crippen LogP) is 1.56. The van der Waals surface area contributed by atoms with Crippen molar-refractivity contribution in [1.82, 2.24) is 5.32 Å². The monoisotopic (exact) mass is 271 g/mol. The lowest BCUT2D eigenvalue weighted by Gasteiger charge is -2.43. The lowest BCUT2D eigenvalue weighted by atomic mass is 9.85. The van der Waals surface area contributed by atoms with E-state index in [0.29, 0.717) is 6.54 Å². The molecule has 2 rings (SSSR count). The van der Waals surface area contributed by atoms with E-state index in [4.69, 9.17) is 9.47 Å². The van der Waals surface area contributed by atoms with Crippen LogP contribution in [0.25, 0.3) is 0 Å². The van der Waals surface area contributed by atoms with Crippen LogP contribution in [0.5, 0.6) is 0 Å². The molecule has 0 aromatic carbocycles. The minimum Gasteiger partial charge on any atom is -0.387 e. The van der Waals surface area contributed by atoms with Gasteiger partial charge in [-0.25, -0.2) is 0 Å². The summed E-state index contributed by atoms with van der Waals surface area (Å²) < 4.78 is 11.0. The topological polar surface area (TPSA) is 50.7 Å². The highest BCUT2D eigenvalue weighted by Gasteiger charge is 2.41. The average molecular weight is 271 g/mol. The van der Waals surface area contributed by atoms with Crippen LogP contribution in [-0.4, -0.2) is 43.6 Å². The fraction of sp³-hybridized carbons (Fsp3) is 0.692. The van der Waals surface area contributed by atoms with Crippen LogP contribution in [0.4, 0.5) is 0 Å². The number of aliphatic hydroxyl groups excluding tert-OH is 1. The maximum atomic E-state index is 9.98. The van der Waals surface area contributed by atoms with Gasteiger partial charge in [-0.2, -0.15) is 11.3 Å². The van der Waals surface area contributed by atoms with Crippen LogP contribution < -0.4 is 5.32 Å². The number of hydrogen-bond donors (Lipinski definition) is 2. The largest absolute Gasteiger partial charge is 0.387 e. The van der Waals surface area contributed by atoms with Crippen molar-refractivity contribution < 1.29 is 14.6 Å². The van der Waals surface area contributed by atoms with E-state index in [1.54, 1.807) is 18.4 Å². The van der Waals surface area contributed by atoms with E-state index in [1.807, 2.05) is 23.8 Å². The van der Waals surface area contributed by atoms with Crippen LogP contribution >= 0.6 is 11.3 Å². The Morgan fingerprint density at radius 2 is 2.44 bits per heavy atom. The first-order chi connectivity index (χ1) is 8.76. The summed E-state index contributed by atoms with van der Waals surface area (Å²) in [6, 6.07) is 2.23. The number of rotatable bonds is 7. The number of aliphatic hydroxyl groups is 1. The molecule has 1 aliphatic carbocycles. The molecule has 1 fully saturated rings. The van der Waals surface area contributed by atoms with Crippen molar-refractivity contribution in [3.05, 3.63) is 22.4 Å². The molecule has 0 aliphatic heterocycles. The third-order valence-electron chi connectivity index (χ3n) is 3.40. The fourth-order valence-corrected chi connectivity index (χ4v) is 3.03. The lowest BCUT2D eigenvalue weighted by molar-refractivity contribution is -0.132. The average Bonchev–Trinajstić information content (AvgIpc) is 2.86. The van der Waals surface area contributed by atoms with Crippen LogP contribution in [-0.2, 0) is 9.47 Å². The second kappa shape index (κ2) is 6.63. The van der Waals surface area contributed by atoms with Crippen molar-refractivity contribution in [3.63, 3.8) is 0 Å². The molecule has 1 aromatic heterocycles. The van der Waals surface area contributed by atoms with Gasteiger partial charge in [0.25, 0.3) is 0 Å². The Hall–Kier alpha value is -0.460. The summed E-state index contributed by atoms with van der Waals surface area (Å²) in [4.78, 5) is 0. The van der Waals surface area contributed by atoms with E-state index in [2.05, 4.69) is 5.32 Å². The van der Waals surface area contributed by atoms with Gasteiger partial charge >= 0.3 is 0 Å². The van der Waals surface area contributed by atoms with Crippen LogP contribution in [0.15, 0.2) is 16.8 Å². The minimum atomic E-state index is -0.445. The first-order valence-electron chi connectivity index (χ1n) is 6.34. The van der Waals surface area contributed by atoms with E-state index >= 15 is 0 Å². The Morgan fingerprint density at radius 3 is 3.06 bits per heavy atom. The number of hydrogen-bond acceptors (Lipinski definition) is 5. The standard InChI is InChI=1S/C13H21NO3S/c1-3-17-12-6-10(13(12)16-2)14-7-11(15)9-4-5-18-8-9/h4-5,8,10-15H,3,6-7H2,1-2H3. The molecule has 0 bridgehead atoms. The van der Waals surface area contributed by atoms with Crippen molar-refractivity contribution in [3.8, 4) is 0 Å². The van der Waals surface area contributed by atoms with Crippen LogP contribution in [0.3, 0.4) is 0 Å². The Balaban J connectivity index is 1.74. The van der Waals surface area contributed by atoms with Crippen molar-refractivity contribution in [2.24, 2.45) is 0 Å². The van der Waals surface area contributed by atoms with Crippen molar-refractivity contribution in [1.29, 1.82) is 0 Å². The predicted molar refractivity (Wildman–Crippen MR) is 71.9 cm³/mol. The zero-order chi connectivity index (χ0) is 13.0. The molecular weight excluding hydrogens is 250 g/mol. The van der Waals surface area contributed by atoms with Gasteiger partial charge < -0.3 is 19.9 Å². The van der Waals surface area contributed by atoms with Gasteiger partial charge in [-0.3, -0.25) is 0 Å². The zero-order valence-electron chi connectivity index (χ0n) is 10.8. The third kappa shape index (κ3) is 3.10. The smallest absolute Gasteiger partial charge is 0.0986 e. The molecule has 4 unspecified atom stereocenters. The molecule has 4 atom stereocenters. The fourth-order valence-electron chi connectivity index (χ4n) is 2.32. The third-order valence-corrected chi connectivity index (χ3v) is 4.10. The van der Waals surface area contributed by atoms with E-state index in [0.717, 1.165) is 18.6 Å². The summed E-state index contributed by atoms with van der Waals surface area (Å²) in [5.74, 6) is 0. The Kier molecular flexibility index (Phi) is 5.14. The van der Waals surface area contributed by atoms with E-state index in [-0.39, 0.29) is 18.2 Å². The molecule has 1 heterocycles. The summed E-state index contributed by atoms with van der Waals surface area (Å²) in [6.07, 6.45) is 0.790. The Labute approximate surface area is 112 Å². The van der Waals surface area contributed by atoms with Crippen LogP contribution in [0.1, 0.15) is 25.0 Å². The molecule has 0 radical (unpaired) electrons. The highest BCUT2D eigenvalue weighted by Crippen LogP contribution is 2.27. The Morgan fingerprint density at radius 1 is 1.61 bits per heavy atom. The van der Waals surface area contributed by atoms with Crippen molar-refractivity contribution in [2.45, 2.75) is 37.7 Å². The summed E-state index contributed by atoms with van der Waals surface area (Å²) in [6.45, 7) is 3.27. The molecule has 0 spiro atoms. The molecule has 4 nitrogen and oxygen atoms in total. The molecule has 1 aliphatic rings. The van der Waals surface area contributed by atoms with Gasteiger partial charge in [0, 0.05) is 26.3 Å². The summed E-state index contributed by atoms with van der Waals surface area (Å²) in [7, 11) is 1.71. The van der Waals surface area contributed by atoms with Crippen molar-refractivity contribution in [2.75, 3.05) is 20.3 Å². The molecule has 2 N–H and O–H groups in total. The molecule has 5 heteroatoms. The van der Waals surface area contributed by atoms with Gasteiger partial charge in [-0.15, -0.1) is 0 Å². The molecular formula is C13H21NO3S. The number of nitrogens with one attached hydrogen (secondary N) is 1. The summed E-state index contributed by atoms with van der Waals surface area (Å²) in [5, 5.41) is 17.3. The van der Waals surface area contributed by atoms with E-state index in [9.17, 15) is 5.11 Å². The van der Waals surface area contributed by atoms with Gasteiger partial charge in [0.1, 0.15) is 0 Å². The minimum absolute atomic E-state index is 0.0969. The van der Waals surface area contributed by atoms with Gasteiger partial charge in [-0.05, 0) is 35.7 Å². The molecule has 1 aromatic rings. The first-order valence-corrected chi connectivity index (χ1v) is 7.28. The number of thiophene rings is 1. The number of ether oxygens (including phenoxy) is 2. The molecule has 102 valence electrons. The van der Waals surface area contributed by atoms with Gasteiger partial charge in [0.15, 0.2) is 0 Å².